The average Bonchev–Trinajstić information content (AvgIpc) is 3.34. The molecule has 5 nitrogen and oxygen atoms in total. The van der Waals surface area contributed by atoms with Gasteiger partial charge in [0.25, 0.3) is 0 Å². The molecule has 5 heteroatoms. The molecule has 2 aliphatic rings. The van der Waals surface area contributed by atoms with Crippen molar-refractivity contribution in [1.29, 1.82) is 0 Å². The van der Waals surface area contributed by atoms with E-state index >= 15 is 0 Å². The first-order valence-electron chi connectivity index (χ1n) is 8.74. The number of nitrogens with zero attached hydrogens (tertiary/aromatic N) is 1. The van der Waals surface area contributed by atoms with Crippen LogP contribution in [0.25, 0.3) is 0 Å². The summed E-state index contributed by atoms with van der Waals surface area (Å²) in [6.07, 6.45) is 2.50. The van der Waals surface area contributed by atoms with Crippen LogP contribution in [0.15, 0.2) is 18.2 Å². The lowest BCUT2D eigenvalue weighted by Crippen LogP contribution is -2.54. The minimum Gasteiger partial charge on any atom is -0.349 e. The molecule has 0 spiro atoms. The highest BCUT2D eigenvalue weighted by Crippen LogP contribution is 2.39. The number of anilines is 1. The predicted molar refractivity (Wildman–Crippen MR) is 94.7 cm³/mol. The van der Waals surface area contributed by atoms with Crippen molar-refractivity contribution in [3.63, 3.8) is 0 Å². The first-order valence-corrected chi connectivity index (χ1v) is 8.74. The molecule has 1 heterocycles. The van der Waals surface area contributed by atoms with Gasteiger partial charge in [-0.2, -0.15) is 0 Å². The molecule has 2 fully saturated rings. The Morgan fingerprint density at radius 1 is 1.38 bits per heavy atom. The molecule has 2 unspecified atom stereocenters. The quantitative estimate of drug-likeness (QED) is 0.866. The second-order valence-corrected chi connectivity index (χ2v) is 7.51. The molecule has 3 rings (SSSR count). The van der Waals surface area contributed by atoms with Gasteiger partial charge in [0.1, 0.15) is 0 Å². The zero-order valence-electron chi connectivity index (χ0n) is 14.8. The van der Waals surface area contributed by atoms with Crippen LogP contribution in [0, 0.1) is 25.7 Å². The van der Waals surface area contributed by atoms with Gasteiger partial charge in [0.05, 0.1) is 11.5 Å². The summed E-state index contributed by atoms with van der Waals surface area (Å²) in [6.45, 7) is 6.95. The van der Waals surface area contributed by atoms with Crippen LogP contribution in [0.5, 0.6) is 0 Å². The van der Waals surface area contributed by atoms with Crippen molar-refractivity contribution in [2.24, 2.45) is 17.6 Å². The Hall–Kier alpha value is -1.88. The fourth-order valence-electron chi connectivity index (χ4n) is 3.57. The van der Waals surface area contributed by atoms with Crippen LogP contribution in [-0.2, 0) is 9.59 Å². The standard InChI is InChI=1S/C19H27N3O2/c1-12-5-4-6-16(13(12)2)22-10-14(9-17(22)23)18(24)21-19(3,11-20)15-7-8-15/h4-6,14-15H,7-11,20H2,1-3H3,(H,21,24). The van der Waals surface area contributed by atoms with Gasteiger partial charge in [0.15, 0.2) is 0 Å². The third-order valence-electron chi connectivity index (χ3n) is 5.67. The molecule has 1 aromatic carbocycles. The number of carbonyl (C=O) groups excluding carboxylic acids is 2. The van der Waals surface area contributed by atoms with E-state index in [0.29, 0.717) is 19.0 Å². The Morgan fingerprint density at radius 3 is 2.71 bits per heavy atom. The Balaban J connectivity index is 1.72. The van der Waals surface area contributed by atoms with Crippen LogP contribution in [0.1, 0.15) is 37.3 Å². The smallest absolute Gasteiger partial charge is 0.227 e. The first kappa shape index (κ1) is 17.0. The van der Waals surface area contributed by atoms with Gasteiger partial charge < -0.3 is 16.0 Å². The molecule has 1 aromatic rings. The minimum absolute atomic E-state index is 0.0183. The summed E-state index contributed by atoms with van der Waals surface area (Å²) in [5, 5.41) is 3.12. The third kappa shape index (κ3) is 3.05. The van der Waals surface area contributed by atoms with Gasteiger partial charge in [0.2, 0.25) is 11.8 Å². The van der Waals surface area contributed by atoms with Crippen LogP contribution in [0.2, 0.25) is 0 Å². The highest BCUT2D eigenvalue weighted by molar-refractivity contribution is 6.01. The van der Waals surface area contributed by atoms with E-state index < -0.39 is 0 Å². The molecule has 1 saturated carbocycles. The van der Waals surface area contributed by atoms with Crippen LogP contribution in [-0.4, -0.2) is 30.4 Å². The zero-order chi connectivity index (χ0) is 17.5. The van der Waals surface area contributed by atoms with Gasteiger partial charge in [0, 0.05) is 25.2 Å². The van der Waals surface area contributed by atoms with Crippen LogP contribution >= 0.6 is 0 Å². The highest BCUT2D eigenvalue weighted by atomic mass is 16.2. The van der Waals surface area contributed by atoms with E-state index in [1.807, 2.05) is 39.0 Å². The summed E-state index contributed by atoms with van der Waals surface area (Å²) in [5.41, 5.74) is 8.71. The Labute approximate surface area is 143 Å². The highest BCUT2D eigenvalue weighted by Gasteiger charge is 2.44. The maximum Gasteiger partial charge on any atom is 0.227 e. The van der Waals surface area contributed by atoms with E-state index in [1.165, 1.54) is 0 Å². The van der Waals surface area contributed by atoms with Crippen molar-refractivity contribution in [2.75, 3.05) is 18.0 Å². The monoisotopic (exact) mass is 329 g/mol. The fraction of sp³-hybridized carbons (Fsp3) is 0.579. The summed E-state index contributed by atoms with van der Waals surface area (Å²) in [5.74, 6) is 0.140. The molecule has 0 radical (unpaired) electrons. The van der Waals surface area contributed by atoms with Crippen molar-refractivity contribution in [3.8, 4) is 0 Å². The number of hydrogen-bond acceptors (Lipinski definition) is 3. The number of benzene rings is 1. The maximum atomic E-state index is 12.7. The fourth-order valence-corrected chi connectivity index (χ4v) is 3.57. The number of amides is 2. The Morgan fingerprint density at radius 2 is 2.08 bits per heavy atom. The van der Waals surface area contributed by atoms with Gasteiger partial charge in [-0.1, -0.05) is 12.1 Å². The SMILES string of the molecule is Cc1cccc(N2CC(C(=O)NC(C)(CN)C3CC3)CC2=O)c1C. The molecular weight excluding hydrogens is 302 g/mol. The summed E-state index contributed by atoms with van der Waals surface area (Å²) in [7, 11) is 0. The lowest BCUT2D eigenvalue weighted by Gasteiger charge is -2.30. The van der Waals surface area contributed by atoms with Gasteiger partial charge in [-0.3, -0.25) is 9.59 Å². The van der Waals surface area contributed by atoms with Gasteiger partial charge >= 0.3 is 0 Å². The van der Waals surface area contributed by atoms with Gasteiger partial charge in [-0.05, 0) is 56.7 Å². The maximum absolute atomic E-state index is 12.7. The second-order valence-electron chi connectivity index (χ2n) is 7.51. The third-order valence-corrected chi connectivity index (χ3v) is 5.67. The molecule has 0 aromatic heterocycles. The molecule has 1 aliphatic heterocycles. The van der Waals surface area contributed by atoms with E-state index in [-0.39, 0.29) is 29.7 Å². The average molecular weight is 329 g/mol. The number of nitrogens with two attached hydrogens (primary N) is 1. The molecule has 0 bridgehead atoms. The number of nitrogens with one attached hydrogen (secondary N) is 1. The lowest BCUT2D eigenvalue weighted by molar-refractivity contribution is -0.128. The number of carbonyl (C=O) groups is 2. The topological polar surface area (TPSA) is 75.4 Å². The van der Waals surface area contributed by atoms with Gasteiger partial charge in [-0.15, -0.1) is 0 Å². The number of hydrogen-bond donors (Lipinski definition) is 2. The molecule has 130 valence electrons. The molecule has 24 heavy (non-hydrogen) atoms. The van der Waals surface area contributed by atoms with E-state index in [4.69, 9.17) is 5.73 Å². The number of aryl methyl sites for hydroxylation is 1. The van der Waals surface area contributed by atoms with Crippen molar-refractivity contribution in [1.82, 2.24) is 5.32 Å². The Kier molecular flexibility index (Phi) is 4.38. The van der Waals surface area contributed by atoms with Crippen molar-refractivity contribution in [2.45, 2.75) is 45.6 Å². The minimum atomic E-state index is -0.340. The van der Waals surface area contributed by atoms with Crippen LogP contribution < -0.4 is 16.0 Å². The van der Waals surface area contributed by atoms with E-state index in [9.17, 15) is 9.59 Å². The van der Waals surface area contributed by atoms with Crippen LogP contribution in [0.3, 0.4) is 0 Å². The lowest BCUT2D eigenvalue weighted by atomic mass is 9.94. The van der Waals surface area contributed by atoms with Crippen molar-refractivity contribution < 1.29 is 9.59 Å². The van der Waals surface area contributed by atoms with Crippen LogP contribution in [0.4, 0.5) is 5.69 Å². The summed E-state index contributed by atoms with van der Waals surface area (Å²) in [4.78, 5) is 26.9. The second kappa shape index (κ2) is 6.20. The zero-order valence-corrected chi connectivity index (χ0v) is 14.8. The normalized spacial score (nSPS) is 23.2. The molecule has 2 amide bonds. The number of rotatable bonds is 5. The van der Waals surface area contributed by atoms with Crippen molar-refractivity contribution in [3.05, 3.63) is 29.3 Å². The largest absolute Gasteiger partial charge is 0.349 e. The Bertz CT molecular complexity index is 669. The summed E-state index contributed by atoms with van der Waals surface area (Å²) in [6, 6.07) is 5.94. The molecule has 3 N–H and O–H groups in total. The summed E-state index contributed by atoms with van der Waals surface area (Å²) < 4.78 is 0. The van der Waals surface area contributed by atoms with E-state index in [2.05, 4.69) is 5.32 Å². The molecule has 2 atom stereocenters. The van der Waals surface area contributed by atoms with Gasteiger partial charge in [-0.25, -0.2) is 0 Å². The van der Waals surface area contributed by atoms with E-state index in [0.717, 1.165) is 29.7 Å². The van der Waals surface area contributed by atoms with Crippen molar-refractivity contribution >= 4 is 17.5 Å². The molecule has 1 saturated heterocycles. The molecular formula is C19H27N3O2. The summed E-state index contributed by atoms with van der Waals surface area (Å²) >= 11 is 0. The molecule has 1 aliphatic carbocycles. The van der Waals surface area contributed by atoms with E-state index in [1.54, 1.807) is 4.90 Å². The predicted octanol–water partition coefficient (Wildman–Crippen LogP) is 1.90. The first-order chi connectivity index (χ1) is 11.4.